The lowest BCUT2D eigenvalue weighted by Crippen LogP contribution is -2.43. The second-order valence-electron chi connectivity index (χ2n) is 5.94. The molecule has 118 valence electrons. The van der Waals surface area contributed by atoms with E-state index in [2.05, 4.69) is 52.7 Å². The molecule has 0 amide bonds. The minimum absolute atomic E-state index is 0.628. The van der Waals surface area contributed by atoms with Crippen LogP contribution in [0.3, 0.4) is 0 Å². The van der Waals surface area contributed by atoms with E-state index in [9.17, 15) is 0 Å². The molecular weight excluding hydrogens is 280 g/mol. The van der Waals surface area contributed by atoms with E-state index in [1.165, 1.54) is 23.3 Å². The lowest BCUT2D eigenvalue weighted by Gasteiger charge is -2.26. The standard InChI is InChI=1S/C16H28N4S/c1-12(2)20(14-5-6-14)9-8-18-16(17-4)19-11-15-13(3)7-10-21-15/h7,10,12,14H,5-6,8-9,11H2,1-4H3,(H2,17,18,19). The zero-order valence-electron chi connectivity index (χ0n) is 13.6. The maximum atomic E-state index is 4.30. The van der Waals surface area contributed by atoms with Crippen molar-refractivity contribution in [3.05, 3.63) is 21.9 Å². The minimum atomic E-state index is 0.628. The van der Waals surface area contributed by atoms with Crippen molar-refractivity contribution in [3.8, 4) is 0 Å². The lowest BCUT2D eigenvalue weighted by molar-refractivity contribution is 0.215. The first-order valence-corrected chi connectivity index (χ1v) is 8.73. The van der Waals surface area contributed by atoms with Gasteiger partial charge in [-0.25, -0.2) is 0 Å². The van der Waals surface area contributed by atoms with Crippen molar-refractivity contribution in [1.29, 1.82) is 0 Å². The topological polar surface area (TPSA) is 39.7 Å². The zero-order valence-corrected chi connectivity index (χ0v) is 14.5. The first-order chi connectivity index (χ1) is 10.1. The van der Waals surface area contributed by atoms with Crippen molar-refractivity contribution in [3.63, 3.8) is 0 Å². The van der Waals surface area contributed by atoms with Crippen molar-refractivity contribution in [2.24, 2.45) is 4.99 Å². The number of guanidine groups is 1. The van der Waals surface area contributed by atoms with E-state index >= 15 is 0 Å². The van der Waals surface area contributed by atoms with Crippen LogP contribution in [-0.2, 0) is 6.54 Å². The normalized spacial score (nSPS) is 15.8. The largest absolute Gasteiger partial charge is 0.355 e. The van der Waals surface area contributed by atoms with Crippen LogP contribution in [0.25, 0.3) is 0 Å². The van der Waals surface area contributed by atoms with Crippen molar-refractivity contribution in [2.45, 2.75) is 52.2 Å². The molecule has 1 heterocycles. The minimum Gasteiger partial charge on any atom is -0.355 e. The molecule has 2 N–H and O–H groups in total. The quantitative estimate of drug-likeness (QED) is 0.601. The molecule has 0 unspecified atom stereocenters. The summed E-state index contributed by atoms with van der Waals surface area (Å²) in [4.78, 5) is 8.26. The number of rotatable bonds is 7. The van der Waals surface area contributed by atoms with E-state index in [0.29, 0.717) is 6.04 Å². The van der Waals surface area contributed by atoms with Crippen LogP contribution in [-0.4, -0.2) is 43.1 Å². The first kappa shape index (κ1) is 16.3. The molecule has 1 aromatic heterocycles. The van der Waals surface area contributed by atoms with E-state index in [4.69, 9.17) is 0 Å². The summed E-state index contributed by atoms with van der Waals surface area (Å²) < 4.78 is 0. The Labute approximate surface area is 132 Å². The maximum Gasteiger partial charge on any atom is 0.191 e. The van der Waals surface area contributed by atoms with Gasteiger partial charge in [0.15, 0.2) is 5.96 Å². The highest BCUT2D eigenvalue weighted by Gasteiger charge is 2.30. The Morgan fingerprint density at radius 2 is 2.19 bits per heavy atom. The molecule has 0 aliphatic heterocycles. The average molecular weight is 308 g/mol. The summed E-state index contributed by atoms with van der Waals surface area (Å²) in [6.07, 6.45) is 2.73. The van der Waals surface area contributed by atoms with E-state index in [1.807, 2.05) is 7.05 Å². The summed E-state index contributed by atoms with van der Waals surface area (Å²) >= 11 is 1.79. The van der Waals surface area contributed by atoms with Gasteiger partial charge in [0.2, 0.25) is 0 Å². The van der Waals surface area contributed by atoms with Crippen LogP contribution in [0.5, 0.6) is 0 Å². The van der Waals surface area contributed by atoms with Crippen molar-refractivity contribution in [1.82, 2.24) is 15.5 Å². The second kappa shape index (κ2) is 7.80. The smallest absolute Gasteiger partial charge is 0.191 e. The number of hydrogen-bond donors (Lipinski definition) is 2. The fourth-order valence-corrected chi connectivity index (χ4v) is 3.39. The zero-order chi connectivity index (χ0) is 15.2. The second-order valence-corrected chi connectivity index (χ2v) is 6.94. The SMILES string of the molecule is CN=C(NCCN(C(C)C)C1CC1)NCc1sccc1C. The van der Waals surface area contributed by atoms with E-state index in [1.54, 1.807) is 11.3 Å². The Morgan fingerprint density at radius 3 is 2.71 bits per heavy atom. The van der Waals surface area contributed by atoms with Gasteiger partial charge in [0.1, 0.15) is 0 Å². The molecule has 2 rings (SSSR count). The van der Waals surface area contributed by atoms with Gasteiger partial charge in [0, 0.05) is 37.1 Å². The number of nitrogens with zero attached hydrogens (tertiary/aromatic N) is 2. The van der Waals surface area contributed by atoms with Gasteiger partial charge in [-0.05, 0) is 50.6 Å². The third-order valence-electron chi connectivity index (χ3n) is 3.95. The van der Waals surface area contributed by atoms with Crippen LogP contribution in [0.2, 0.25) is 0 Å². The molecule has 1 aromatic rings. The van der Waals surface area contributed by atoms with Crippen molar-refractivity contribution in [2.75, 3.05) is 20.1 Å². The Bertz CT molecular complexity index is 461. The Hall–Kier alpha value is -1.07. The molecule has 0 saturated heterocycles. The van der Waals surface area contributed by atoms with Crippen LogP contribution in [0.1, 0.15) is 37.1 Å². The molecule has 1 aliphatic carbocycles. The summed E-state index contributed by atoms with van der Waals surface area (Å²) in [7, 11) is 1.83. The van der Waals surface area contributed by atoms with Crippen molar-refractivity contribution >= 4 is 17.3 Å². The van der Waals surface area contributed by atoms with Gasteiger partial charge in [-0.1, -0.05) is 0 Å². The lowest BCUT2D eigenvalue weighted by atomic mass is 10.3. The van der Waals surface area contributed by atoms with E-state index < -0.39 is 0 Å². The van der Waals surface area contributed by atoms with Crippen LogP contribution < -0.4 is 10.6 Å². The van der Waals surface area contributed by atoms with Gasteiger partial charge in [-0.2, -0.15) is 0 Å². The number of aliphatic imine (C=N–C) groups is 1. The van der Waals surface area contributed by atoms with Gasteiger partial charge in [0.05, 0.1) is 6.54 Å². The molecule has 21 heavy (non-hydrogen) atoms. The van der Waals surface area contributed by atoms with E-state index in [0.717, 1.165) is 31.6 Å². The molecule has 0 bridgehead atoms. The summed E-state index contributed by atoms with van der Waals surface area (Å²) in [5.74, 6) is 0.891. The van der Waals surface area contributed by atoms with Crippen LogP contribution in [0, 0.1) is 6.92 Å². The average Bonchev–Trinajstić information content (AvgIpc) is 3.21. The molecule has 5 heteroatoms. The molecule has 0 aromatic carbocycles. The van der Waals surface area contributed by atoms with Crippen LogP contribution in [0.15, 0.2) is 16.4 Å². The highest BCUT2D eigenvalue weighted by molar-refractivity contribution is 7.10. The van der Waals surface area contributed by atoms with Gasteiger partial charge in [0.25, 0.3) is 0 Å². The van der Waals surface area contributed by atoms with E-state index in [-0.39, 0.29) is 0 Å². The van der Waals surface area contributed by atoms with Crippen LogP contribution in [0.4, 0.5) is 0 Å². The Balaban J connectivity index is 1.71. The highest BCUT2D eigenvalue weighted by atomic mass is 32.1. The summed E-state index contributed by atoms with van der Waals surface area (Å²) in [5, 5.41) is 8.95. The molecule has 1 fully saturated rings. The Morgan fingerprint density at radius 1 is 1.43 bits per heavy atom. The Kier molecular flexibility index (Phi) is 6.06. The molecular formula is C16H28N4S. The summed E-state index contributed by atoms with van der Waals surface area (Å²) in [6.45, 7) is 9.59. The molecule has 1 aliphatic rings. The van der Waals surface area contributed by atoms with Crippen molar-refractivity contribution < 1.29 is 0 Å². The van der Waals surface area contributed by atoms with Gasteiger partial charge >= 0.3 is 0 Å². The molecule has 0 radical (unpaired) electrons. The molecule has 4 nitrogen and oxygen atoms in total. The monoisotopic (exact) mass is 308 g/mol. The molecule has 0 atom stereocenters. The summed E-state index contributed by atoms with van der Waals surface area (Å²) in [6, 6.07) is 3.60. The summed E-state index contributed by atoms with van der Waals surface area (Å²) in [5.41, 5.74) is 1.35. The number of aryl methyl sites for hydroxylation is 1. The van der Waals surface area contributed by atoms with Gasteiger partial charge in [-0.15, -0.1) is 11.3 Å². The first-order valence-electron chi connectivity index (χ1n) is 7.85. The fraction of sp³-hybridized carbons (Fsp3) is 0.688. The van der Waals surface area contributed by atoms with Gasteiger partial charge < -0.3 is 10.6 Å². The van der Waals surface area contributed by atoms with Crippen LogP contribution >= 0.6 is 11.3 Å². The van der Waals surface area contributed by atoms with Gasteiger partial charge in [-0.3, -0.25) is 9.89 Å². The predicted octanol–water partition coefficient (Wildman–Crippen LogP) is 2.59. The molecule has 0 spiro atoms. The number of hydrogen-bond acceptors (Lipinski definition) is 3. The fourth-order valence-electron chi connectivity index (χ4n) is 2.54. The number of thiophene rings is 1. The third kappa shape index (κ3) is 5.00. The number of nitrogens with one attached hydrogen (secondary N) is 2. The third-order valence-corrected chi connectivity index (χ3v) is 4.97. The molecule has 1 saturated carbocycles. The highest BCUT2D eigenvalue weighted by Crippen LogP contribution is 2.27. The predicted molar refractivity (Wildman–Crippen MR) is 92.1 cm³/mol. The maximum absolute atomic E-state index is 4.30.